The monoisotopic (exact) mass is 583 g/mol. The molecule has 1 saturated carbocycles. The molecule has 2 unspecified atom stereocenters. The molecule has 1 aromatic rings. The van der Waals surface area contributed by atoms with E-state index in [2.05, 4.69) is 43.3 Å². The molecule has 1 saturated heterocycles. The third-order valence-corrected chi connectivity index (χ3v) is 7.98. The summed E-state index contributed by atoms with van der Waals surface area (Å²) >= 11 is 0. The van der Waals surface area contributed by atoms with Crippen molar-refractivity contribution in [3.63, 3.8) is 0 Å². The van der Waals surface area contributed by atoms with Gasteiger partial charge in [-0.25, -0.2) is 4.79 Å². The summed E-state index contributed by atoms with van der Waals surface area (Å²) in [6.45, 7) is 16.3. The van der Waals surface area contributed by atoms with Crippen LogP contribution in [0.25, 0.3) is 0 Å². The Morgan fingerprint density at radius 3 is 2.19 bits per heavy atom. The van der Waals surface area contributed by atoms with Gasteiger partial charge in [-0.3, -0.25) is 14.4 Å². The number of nitrogens with two attached hydrogens (primary N) is 1. The molecule has 1 aliphatic heterocycles. The van der Waals surface area contributed by atoms with E-state index in [1.165, 1.54) is 6.42 Å². The van der Waals surface area contributed by atoms with E-state index in [1.807, 2.05) is 51.1 Å². The third-order valence-electron chi connectivity index (χ3n) is 7.98. The fourth-order valence-electron chi connectivity index (χ4n) is 4.99. The highest BCUT2D eigenvalue weighted by Gasteiger charge is 2.39. The Kier molecular flexibility index (Phi) is 13.5. The molecule has 9 nitrogen and oxygen atoms in total. The fourth-order valence-corrected chi connectivity index (χ4v) is 4.99. The van der Waals surface area contributed by atoms with Crippen molar-refractivity contribution in [2.24, 2.45) is 23.5 Å². The van der Waals surface area contributed by atoms with Crippen LogP contribution in [0, 0.1) is 17.8 Å². The van der Waals surface area contributed by atoms with Crippen LogP contribution >= 0.6 is 0 Å². The summed E-state index contributed by atoms with van der Waals surface area (Å²) in [5, 5.41) is 8.33. The predicted molar refractivity (Wildman–Crippen MR) is 168 cm³/mol. The molecule has 234 valence electrons. The Morgan fingerprint density at radius 1 is 1.07 bits per heavy atom. The second kappa shape index (κ2) is 16.3. The highest BCUT2D eigenvalue weighted by atomic mass is 16.2. The quantitative estimate of drug-likeness (QED) is 0.301. The number of amides is 4. The molecule has 0 bridgehead atoms. The number of likely N-dealkylation sites (tertiary alicyclic amines) is 1. The molecular weight excluding hydrogens is 530 g/mol. The van der Waals surface area contributed by atoms with E-state index in [1.54, 1.807) is 4.90 Å². The molecule has 1 heterocycles. The van der Waals surface area contributed by atoms with Crippen LogP contribution in [0.5, 0.6) is 0 Å². The number of urea groups is 1. The Labute approximate surface area is 252 Å². The number of nitrogens with one attached hydrogen (secondary N) is 3. The van der Waals surface area contributed by atoms with Gasteiger partial charge in [0.2, 0.25) is 11.8 Å². The van der Waals surface area contributed by atoms with Crippen LogP contribution < -0.4 is 21.7 Å². The number of carbonyl (C=O) groups is 4. The minimum absolute atomic E-state index is 0.0655. The van der Waals surface area contributed by atoms with E-state index in [9.17, 15) is 19.2 Å². The van der Waals surface area contributed by atoms with Crippen molar-refractivity contribution in [2.75, 3.05) is 19.6 Å². The molecule has 3 rings (SSSR count). The molecule has 42 heavy (non-hydrogen) atoms. The lowest BCUT2D eigenvalue weighted by atomic mass is 9.78. The van der Waals surface area contributed by atoms with E-state index in [-0.39, 0.29) is 42.3 Å². The summed E-state index contributed by atoms with van der Waals surface area (Å²) < 4.78 is 0. The van der Waals surface area contributed by atoms with E-state index in [0.717, 1.165) is 30.7 Å². The normalized spacial score (nSPS) is 19.5. The van der Waals surface area contributed by atoms with Gasteiger partial charge in [0.15, 0.2) is 5.78 Å². The minimum Gasteiger partial charge on any atom is -0.396 e. The topological polar surface area (TPSA) is 134 Å². The summed E-state index contributed by atoms with van der Waals surface area (Å²) in [6, 6.07) is 8.61. The van der Waals surface area contributed by atoms with Gasteiger partial charge in [-0.2, -0.15) is 0 Å². The van der Waals surface area contributed by atoms with Crippen molar-refractivity contribution in [1.82, 2.24) is 20.9 Å². The van der Waals surface area contributed by atoms with E-state index in [4.69, 9.17) is 5.73 Å². The highest BCUT2D eigenvalue weighted by Crippen LogP contribution is 2.34. The number of hydrogen-bond acceptors (Lipinski definition) is 5. The molecular formula is C33H53N5O4. The molecule has 3 atom stereocenters. The van der Waals surface area contributed by atoms with Crippen LogP contribution in [-0.4, -0.2) is 59.7 Å². The summed E-state index contributed by atoms with van der Waals surface area (Å²) in [7, 11) is 0. The van der Waals surface area contributed by atoms with Crippen molar-refractivity contribution in [1.29, 1.82) is 0 Å². The van der Waals surface area contributed by atoms with Gasteiger partial charge in [-0.1, -0.05) is 83.4 Å². The van der Waals surface area contributed by atoms with Crippen LogP contribution in [0.1, 0.15) is 91.5 Å². The molecule has 0 spiro atoms. The second-order valence-electron chi connectivity index (χ2n) is 13.1. The van der Waals surface area contributed by atoms with Gasteiger partial charge in [0, 0.05) is 18.6 Å². The van der Waals surface area contributed by atoms with E-state index < -0.39 is 23.5 Å². The molecule has 2 fully saturated rings. The SMILES string of the molecule is C=C(N)C(=O)C(CC1CCC1)NC(=O)[C@H]1CN(C(=O)CNC(=O)NC(C)(C)C)CCC1c1ccccc1.CCC(C)C. The predicted octanol–water partition coefficient (Wildman–Crippen LogP) is 4.49. The first kappa shape index (κ1) is 34.8. The number of Topliss-reactive ketones (excluding diaryl/α,β-unsaturated/α-hetero) is 1. The van der Waals surface area contributed by atoms with Gasteiger partial charge in [-0.05, 0) is 56.9 Å². The van der Waals surface area contributed by atoms with Crippen molar-refractivity contribution < 1.29 is 19.2 Å². The van der Waals surface area contributed by atoms with Crippen LogP contribution in [0.15, 0.2) is 42.6 Å². The Balaban J connectivity index is 0.00000113. The van der Waals surface area contributed by atoms with Gasteiger partial charge in [0.05, 0.1) is 24.2 Å². The van der Waals surface area contributed by atoms with Crippen LogP contribution in [0.2, 0.25) is 0 Å². The summed E-state index contributed by atoms with van der Waals surface area (Å²) in [4.78, 5) is 53.1. The lowest BCUT2D eigenvalue weighted by Gasteiger charge is -2.39. The third kappa shape index (κ3) is 11.5. The van der Waals surface area contributed by atoms with E-state index in [0.29, 0.717) is 25.3 Å². The Bertz CT molecular complexity index is 1060. The van der Waals surface area contributed by atoms with Crippen molar-refractivity contribution in [3.8, 4) is 0 Å². The van der Waals surface area contributed by atoms with Crippen molar-refractivity contribution >= 4 is 23.6 Å². The minimum atomic E-state index is -0.722. The zero-order chi connectivity index (χ0) is 31.4. The number of hydrogen-bond donors (Lipinski definition) is 4. The van der Waals surface area contributed by atoms with Crippen molar-refractivity contribution in [3.05, 3.63) is 48.2 Å². The summed E-state index contributed by atoms with van der Waals surface area (Å²) in [5.41, 5.74) is 6.24. The zero-order valence-electron chi connectivity index (χ0n) is 26.5. The Hall–Kier alpha value is -3.36. The number of nitrogens with zero attached hydrogens (tertiary/aromatic N) is 1. The molecule has 0 aromatic heterocycles. The average molecular weight is 584 g/mol. The van der Waals surface area contributed by atoms with Gasteiger partial charge >= 0.3 is 6.03 Å². The number of ketones is 1. The maximum atomic E-state index is 13.6. The van der Waals surface area contributed by atoms with Gasteiger partial charge in [0.25, 0.3) is 0 Å². The maximum absolute atomic E-state index is 13.6. The molecule has 1 aliphatic carbocycles. The molecule has 0 radical (unpaired) electrons. The first-order chi connectivity index (χ1) is 19.7. The fraction of sp³-hybridized carbons (Fsp3) is 0.636. The zero-order valence-corrected chi connectivity index (χ0v) is 26.5. The molecule has 4 amide bonds. The first-order valence-electron chi connectivity index (χ1n) is 15.4. The lowest BCUT2D eigenvalue weighted by Crippen LogP contribution is -2.54. The van der Waals surface area contributed by atoms with Crippen LogP contribution in [0.3, 0.4) is 0 Å². The molecule has 2 aliphatic rings. The van der Waals surface area contributed by atoms with Gasteiger partial charge < -0.3 is 26.6 Å². The summed E-state index contributed by atoms with van der Waals surface area (Å²) in [6.07, 6.45) is 5.63. The maximum Gasteiger partial charge on any atom is 0.315 e. The van der Waals surface area contributed by atoms with Gasteiger partial charge in [-0.15, -0.1) is 0 Å². The number of rotatable bonds is 10. The standard InChI is InChI=1S/C28H41N5O4.C5H12/c1-18(29)25(35)23(15-19-9-8-10-19)31-26(36)22-17-33(14-13-21(22)20-11-6-5-7-12-20)24(34)16-30-27(37)32-28(2,3)4;1-4-5(2)3/h5-7,11-12,19,21-23H,1,8-10,13-17,29H2,2-4H3,(H,31,36)(H2,30,32,37);5H,4H2,1-3H3/t21?,22-,23?;/m0./s1. The van der Waals surface area contributed by atoms with E-state index >= 15 is 0 Å². The Morgan fingerprint density at radius 2 is 1.69 bits per heavy atom. The number of piperidine rings is 1. The number of carbonyl (C=O) groups excluding carboxylic acids is 4. The number of benzene rings is 1. The van der Waals surface area contributed by atoms with Crippen LogP contribution in [0.4, 0.5) is 4.79 Å². The second-order valence-corrected chi connectivity index (χ2v) is 13.1. The highest BCUT2D eigenvalue weighted by molar-refractivity contribution is 6.00. The average Bonchev–Trinajstić information content (AvgIpc) is 2.91. The van der Waals surface area contributed by atoms with Gasteiger partial charge in [0.1, 0.15) is 0 Å². The largest absolute Gasteiger partial charge is 0.396 e. The first-order valence-corrected chi connectivity index (χ1v) is 15.4. The van der Waals surface area contributed by atoms with Crippen molar-refractivity contribution in [2.45, 2.75) is 97.6 Å². The van der Waals surface area contributed by atoms with Crippen LogP contribution in [-0.2, 0) is 14.4 Å². The molecule has 5 N–H and O–H groups in total. The molecule has 1 aromatic carbocycles. The summed E-state index contributed by atoms with van der Waals surface area (Å²) in [5.74, 6) is -0.277. The lowest BCUT2D eigenvalue weighted by molar-refractivity contribution is -0.137. The molecule has 9 heteroatoms. The smallest absolute Gasteiger partial charge is 0.315 e.